The van der Waals surface area contributed by atoms with Crippen LogP contribution in [0.2, 0.25) is 0 Å². The Bertz CT molecular complexity index is 560. The van der Waals surface area contributed by atoms with E-state index >= 15 is 0 Å². The van der Waals surface area contributed by atoms with Crippen molar-refractivity contribution in [3.05, 3.63) is 53.9 Å². The van der Waals surface area contributed by atoms with Crippen molar-refractivity contribution in [2.45, 2.75) is 16.7 Å². The molecule has 1 aromatic carbocycles. The van der Waals surface area contributed by atoms with E-state index in [-0.39, 0.29) is 36.7 Å². The van der Waals surface area contributed by atoms with Crippen LogP contribution in [0.5, 0.6) is 0 Å². The van der Waals surface area contributed by atoms with Gasteiger partial charge in [-0.2, -0.15) is 36.0 Å². The summed E-state index contributed by atoms with van der Waals surface area (Å²) in [5, 5.41) is 9.05. The Hall–Kier alpha value is -0.758. The fourth-order valence-electron chi connectivity index (χ4n) is 1.35. The average molecular weight is 482 g/mol. The van der Waals surface area contributed by atoms with Crippen LogP contribution in [0.25, 0.3) is 0 Å². The van der Waals surface area contributed by atoms with Gasteiger partial charge in [0.1, 0.15) is 0 Å². The number of pyridine rings is 1. The summed E-state index contributed by atoms with van der Waals surface area (Å²) in [5.41, 5.74) is 1.32. The van der Waals surface area contributed by atoms with Gasteiger partial charge in [-0.1, -0.05) is 11.8 Å². The van der Waals surface area contributed by atoms with Gasteiger partial charge in [0.2, 0.25) is 0 Å². The minimum Gasteiger partial charge on any atom is -0.478 e. The standard InChI is InChI=1S/C13H10NO2S.U/c1-9-4-2-3-5-11(9)17-12-6-7-14-8-10(12)13(15)16;/h2,4-8H,1H3,(H,15,16);/q-1;+2. The Kier molecular flexibility index (Phi) is 5.94. The van der Waals surface area contributed by atoms with Gasteiger partial charge in [-0.3, -0.25) is 4.98 Å². The van der Waals surface area contributed by atoms with E-state index in [0.717, 1.165) is 10.5 Å². The molecule has 2 aromatic rings. The Morgan fingerprint density at radius 3 is 2.83 bits per heavy atom. The second-order valence-corrected chi connectivity index (χ2v) is 4.55. The molecule has 3 nitrogen and oxygen atoms in total. The predicted molar refractivity (Wildman–Crippen MR) is 65.3 cm³/mol. The van der Waals surface area contributed by atoms with E-state index in [1.807, 2.05) is 25.1 Å². The van der Waals surface area contributed by atoms with Crippen LogP contribution in [0.4, 0.5) is 0 Å². The maximum Gasteiger partial charge on any atom is 2.00 e. The van der Waals surface area contributed by atoms with Crippen molar-refractivity contribution in [1.29, 1.82) is 0 Å². The molecule has 0 spiro atoms. The van der Waals surface area contributed by atoms with Gasteiger partial charge in [-0.25, -0.2) is 4.79 Å². The fraction of sp³-hybridized carbons (Fsp3) is 0.0769. The van der Waals surface area contributed by atoms with Gasteiger partial charge in [0.05, 0.1) is 5.56 Å². The summed E-state index contributed by atoms with van der Waals surface area (Å²) in [5.74, 6) is -0.960. The number of benzene rings is 1. The molecule has 0 atom stereocenters. The first kappa shape index (κ1) is 15.3. The van der Waals surface area contributed by atoms with E-state index in [0.29, 0.717) is 4.90 Å². The number of carboxylic acids is 1. The van der Waals surface area contributed by atoms with Crippen LogP contribution < -0.4 is 0 Å². The van der Waals surface area contributed by atoms with E-state index in [2.05, 4.69) is 11.1 Å². The summed E-state index contributed by atoms with van der Waals surface area (Å²) in [6.45, 7) is 1.98. The third kappa shape index (κ3) is 3.62. The molecule has 2 rings (SSSR count). The van der Waals surface area contributed by atoms with Crippen molar-refractivity contribution in [3.8, 4) is 0 Å². The molecule has 0 aliphatic rings. The van der Waals surface area contributed by atoms with E-state index in [4.69, 9.17) is 5.11 Å². The second-order valence-electron chi connectivity index (χ2n) is 3.47. The van der Waals surface area contributed by atoms with Crippen molar-refractivity contribution in [2.75, 3.05) is 0 Å². The molecule has 0 aliphatic heterocycles. The number of aromatic nitrogens is 1. The van der Waals surface area contributed by atoms with E-state index in [1.165, 1.54) is 18.0 Å². The Morgan fingerprint density at radius 1 is 1.39 bits per heavy atom. The molecule has 0 amide bonds. The molecular weight excluding hydrogens is 472 g/mol. The van der Waals surface area contributed by atoms with Crippen molar-refractivity contribution in [3.63, 3.8) is 0 Å². The summed E-state index contributed by atoms with van der Waals surface area (Å²) >= 11 is 1.42. The van der Waals surface area contributed by atoms with Crippen LogP contribution in [0.1, 0.15) is 15.9 Å². The summed E-state index contributed by atoms with van der Waals surface area (Å²) in [6, 6.07) is 10.3. The number of carboxylic acid groups (broad SMARTS) is 1. The summed E-state index contributed by atoms with van der Waals surface area (Å²) in [7, 11) is 0. The number of hydrogen-bond acceptors (Lipinski definition) is 3. The molecule has 0 radical (unpaired) electrons. The largest absolute Gasteiger partial charge is 2.00 e. The van der Waals surface area contributed by atoms with Crippen LogP contribution in [0.3, 0.4) is 0 Å². The van der Waals surface area contributed by atoms with Gasteiger partial charge < -0.3 is 5.11 Å². The van der Waals surface area contributed by atoms with Crippen LogP contribution in [-0.4, -0.2) is 16.1 Å². The number of carbonyl (C=O) groups is 1. The minimum absolute atomic E-state index is 0. The molecule has 5 heteroatoms. The summed E-state index contributed by atoms with van der Waals surface area (Å²) in [6.07, 6.45) is 2.96. The molecule has 0 unspecified atom stereocenters. The second kappa shape index (κ2) is 6.99. The molecule has 0 bridgehead atoms. The third-order valence-corrected chi connectivity index (χ3v) is 3.50. The third-order valence-electron chi connectivity index (χ3n) is 2.26. The monoisotopic (exact) mass is 482 g/mol. The molecule has 1 N–H and O–H groups in total. The smallest absolute Gasteiger partial charge is 0.478 e. The van der Waals surface area contributed by atoms with Crippen LogP contribution in [0, 0.1) is 44.1 Å². The molecular formula is C13H10NO2SU+. The molecule has 0 aliphatic carbocycles. The van der Waals surface area contributed by atoms with E-state index in [9.17, 15) is 4.79 Å². The fourth-order valence-corrected chi connectivity index (χ4v) is 2.32. The molecule has 18 heavy (non-hydrogen) atoms. The van der Waals surface area contributed by atoms with Gasteiger partial charge in [-0.05, 0) is 6.07 Å². The SMILES string of the molecule is Cc1cc[c-]cc1Sc1ccncc1C(=O)O.[U+2]. The topological polar surface area (TPSA) is 50.2 Å². The first-order chi connectivity index (χ1) is 8.18. The van der Waals surface area contributed by atoms with Crippen LogP contribution in [-0.2, 0) is 0 Å². The molecule has 0 saturated carbocycles. The Morgan fingerprint density at radius 2 is 2.17 bits per heavy atom. The predicted octanol–water partition coefficient (Wildman–Crippen LogP) is 3.04. The zero-order chi connectivity index (χ0) is 12.3. The van der Waals surface area contributed by atoms with Gasteiger partial charge in [0.25, 0.3) is 0 Å². The number of nitrogens with zero attached hydrogens (tertiary/aromatic N) is 1. The molecule has 0 saturated heterocycles. The van der Waals surface area contributed by atoms with Crippen LogP contribution >= 0.6 is 11.8 Å². The maximum atomic E-state index is 11.0. The zero-order valence-electron chi connectivity index (χ0n) is 9.68. The van der Waals surface area contributed by atoms with Gasteiger partial charge in [0, 0.05) is 17.3 Å². The summed E-state index contributed by atoms with van der Waals surface area (Å²) in [4.78, 5) is 16.6. The molecule has 0 fully saturated rings. The molecule has 1 aromatic heterocycles. The van der Waals surface area contributed by atoms with Gasteiger partial charge in [0.15, 0.2) is 0 Å². The maximum absolute atomic E-state index is 11.0. The van der Waals surface area contributed by atoms with Crippen LogP contribution in [0.15, 0.2) is 46.5 Å². The summed E-state index contributed by atoms with van der Waals surface area (Å²) < 4.78 is 0. The molecule has 1 heterocycles. The van der Waals surface area contributed by atoms with Gasteiger partial charge >= 0.3 is 37.1 Å². The Balaban J connectivity index is 0.00000162. The first-order valence-corrected chi connectivity index (χ1v) is 5.82. The van der Waals surface area contributed by atoms with Crippen molar-refractivity contribution >= 4 is 17.7 Å². The molecule has 88 valence electrons. The first-order valence-electron chi connectivity index (χ1n) is 5.00. The van der Waals surface area contributed by atoms with Gasteiger partial charge in [-0.15, -0.1) is 5.56 Å². The van der Waals surface area contributed by atoms with E-state index < -0.39 is 5.97 Å². The number of aromatic carboxylic acids is 1. The van der Waals surface area contributed by atoms with E-state index in [1.54, 1.807) is 12.3 Å². The quantitative estimate of drug-likeness (QED) is 0.684. The average Bonchev–Trinajstić information content (AvgIpc) is 2.32. The normalized spacial score (nSPS) is 9.61. The Labute approximate surface area is 133 Å². The number of aryl methyl sites for hydroxylation is 1. The van der Waals surface area contributed by atoms with Crippen molar-refractivity contribution < 1.29 is 41.0 Å². The van der Waals surface area contributed by atoms with Crippen molar-refractivity contribution in [1.82, 2.24) is 4.98 Å². The number of rotatable bonds is 3. The minimum atomic E-state index is -0.960. The zero-order valence-corrected chi connectivity index (χ0v) is 14.7. The number of hydrogen-bond donors (Lipinski definition) is 1. The van der Waals surface area contributed by atoms with Crippen molar-refractivity contribution in [2.24, 2.45) is 0 Å².